The van der Waals surface area contributed by atoms with Gasteiger partial charge >= 0.3 is 0 Å². The molecule has 60 valence electrons. The van der Waals surface area contributed by atoms with Crippen molar-refractivity contribution in [3.63, 3.8) is 0 Å². The largest absolute Gasteiger partial charge is 0.327 e. The zero-order valence-corrected chi connectivity index (χ0v) is 6.75. The molecule has 2 rings (SSSR count). The van der Waals surface area contributed by atoms with E-state index in [2.05, 4.69) is 6.07 Å². The summed E-state index contributed by atoms with van der Waals surface area (Å²) in [5, 5.41) is 8.65. The molecule has 0 spiro atoms. The second-order valence-electron chi connectivity index (χ2n) is 3.26. The molecular weight excluding hydrogens is 148 g/mol. The average Bonchev–Trinajstić information content (AvgIpc) is 2.43. The van der Waals surface area contributed by atoms with E-state index in [-0.39, 0.29) is 6.04 Å². The van der Waals surface area contributed by atoms with Gasteiger partial charge in [-0.15, -0.1) is 0 Å². The molecule has 1 aromatic carbocycles. The lowest BCUT2D eigenvalue weighted by molar-refractivity contribution is 0.721. The Morgan fingerprint density at radius 2 is 2.08 bits per heavy atom. The third-order valence-electron chi connectivity index (χ3n) is 2.30. The van der Waals surface area contributed by atoms with Crippen molar-refractivity contribution in [1.82, 2.24) is 0 Å². The van der Waals surface area contributed by atoms with Crippen molar-refractivity contribution in [2.24, 2.45) is 5.73 Å². The molecule has 2 heteroatoms. The monoisotopic (exact) mass is 158 g/mol. The van der Waals surface area contributed by atoms with E-state index < -0.39 is 0 Å². The number of nitrogens with two attached hydrogens (primary N) is 1. The fourth-order valence-corrected chi connectivity index (χ4v) is 1.72. The van der Waals surface area contributed by atoms with Crippen LogP contribution in [0.5, 0.6) is 0 Å². The van der Waals surface area contributed by atoms with Gasteiger partial charge in [0.05, 0.1) is 11.6 Å². The summed E-state index contributed by atoms with van der Waals surface area (Å²) in [5.74, 6) is 0. The van der Waals surface area contributed by atoms with Crippen molar-refractivity contribution in [2.45, 2.75) is 18.9 Å². The van der Waals surface area contributed by atoms with Gasteiger partial charge in [-0.25, -0.2) is 0 Å². The van der Waals surface area contributed by atoms with Gasteiger partial charge in [0.2, 0.25) is 0 Å². The van der Waals surface area contributed by atoms with Crippen LogP contribution < -0.4 is 5.73 Å². The second-order valence-corrected chi connectivity index (χ2v) is 3.26. The first-order chi connectivity index (χ1) is 5.79. The summed E-state index contributed by atoms with van der Waals surface area (Å²) in [6, 6.07) is 8.21. The van der Waals surface area contributed by atoms with Gasteiger partial charge < -0.3 is 5.73 Å². The summed E-state index contributed by atoms with van der Waals surface area (Å²) < 4.78 is 0. The molecule has 1 atom stereocenters. The molecule has 0 aromatic heterocycles. The van der Waals surface area contributed by atoms with E-state index in [1.807, 2.05) is 18.2 Å². The summed E-state index contributed by atoms with van der Waals surface area (Å²) >= 11 is 0. The van der Waals surface area contributed by atoms with Crippen LogP contribution in [-0.2, 0) is 12.8 Å². The highest BCUT2D eigenvalue weighted by molar-refractivity contribution is 5.41. The van der Waals surface area contributed by atoms with E-state index in [9.17, 15) is 0 Å². The molecule has 2 nitrogen and oxygen atoms in total. The Balaban J connectivity index is 2.44. The molecule has 1 aromatic rings. The van der Waals surface area contributed by atoms with Crippen molar-refractivity contribution in [2.75, 3.05) is 0 Å². The van der Waals surface area contributed by atoms with Gasteiger partial charge in [0.25, 0.3) is 0 Å². The smallest absolute Gasteiger partial charge is 0.0991 e. The van der Waals surface area contributed by atoms with E-state index in [1.54, 1.807) is 0 Å². The lowest BCUT2D eigenvalue weighted by Crippen LogP contribution is -2.18. The highest BCUT2D eigenvalue weighted by Crippen LogP contribution is 2.21. The second kappa shape index (κ2) is 2.62. The normalized spacial score (nSPS) is 20.2. The Bertz CT molecular complexity index is 349. The highest BCUT2D eigenvalue weighted by Gasteiger charge is 2.17. The number of nitriles is 1. The zero-order valence-electron chi connectivity index (χ0n) is 6.75. The van der Waals surface area contributed by atoms with Gasteiger partial charge in [-0.1, -0.05) is 6.07 Å². The minimum Gasteiger partial charge on any atom is -0.327 e. The molecule has 0 amide bonds. The van der Waals surface area contributed by atoms with Gasteiger partial charge in [0, 0.05) is 6.04 Å². The first-order valence-corrected chi connectivity index (χ1v) is 4.07. The van der Waals surface area contributed by atoms with Crippen LogP contribution in [0.2, 0.25) is 0 Å². The molecule has 0 saturated carbocycles. The van der Waals surface area contributed by atoms with E-state index in [1.165, 1.54) is 11.1 Å². The summed E-state index contributed by atoms with van der Waals surface area (Å²) in [4.78, 5) is 0. The fourth-order valence-electron chi connectivity index (χ4n) is 1.72. The quantitative estimate of drug-likeness (QED) is 0.612. The third-order valence-corrected chi connectivity index (χ3v) is 2.30. The molecule has 0 saturated heterocycles. The van der Waals surface area contributed by atoms with Gasteiger partial charge in [-0.3, -0.25) is 0 Å². The van der Waals surface area contributed by atoms with E-state index in [0.717, 1.165) is 18.4 Å². The third kappa shape index (κ3) is 1.09. The molecule has 0 radical (unpaired) electrons. The van der Waals surface area contributed by atoms with Crippen LogP contribution >= 0.6 is 0 Å². The molecule has 1 aliphatic carbocycles. The Hall–Kier alpha value is -1.33. The number of nitrogens with zero attached hydrogens (tertiary/aromatic N) is 1. The lowest BCUT2D eigenvalue weighted by Gasteiger charge is -1.96. The molecule has 0 aliphatic heterocycles. The number of fused-ring (bicyclic) bond motifs is 1. The van der Waals surface area contributed by atoms with Crippen LogP contribution in [0.1, 0.15) is 16.7 Å². The maximum absolute atomic E-state index is 8.65. The van der Waals surface area contributed by atoms with E-state index in [0.29, 0.717) is 0 Å². The van der Waals surface area contributed by atoms with Crippen LogP contribution in [0.3, 0.4) is 0 Å². The molecule has 0 unspecified atom stereocenters. The lowest BCUT2D eigenvalue weighted by atomic mass is 10.1. The number of hydrogen-bond acceptors (Lipinski definition) is 2. The fraction of sp³-hybridized carbons (Fsp3) is 0.300. The summed E-state index contributed by atoms with van der Waals surface area (Å²) in [6.07, 6.45) is 1.88. The van der Waals surface area contributed by atoms with Crippen molar-refractivity contribution < 1.29 is 0 Å². The Morgan fingerprint density at radius 3 is 2.83 bits per heavy atom. The Labute approximate surface area is 71.6 Å². The van der Waals surface area contributed by atoms with Crippen molar-refractivity contribution in [1.29, 1.82) is 5.26 Å². The van der Waals surface area contributed by atoms with Crippen LogP contribution in [0.15, 0.2) is 18.2 Å². The number of hydrogen-bond donors (Lipinski definition) is 1. The highest BCUT2D eigenvalue weighted by atomic mass is 14.6. The topological polar surface area (TPSA) is 49.8 Å². The standard InChI is InChI=1S/C10H10N2/c11-6-7-1-2-8-4-10(12)5-9(8)3-7/h1-3,10H,4-5,12H2/t10-/m0/s1. The van der Waals surface area contributed by atoms with Crippen LogP contribution in [0.25, 0.3) is 0 Å². The first kappa shape index (κ1) is 7.33. The first-order valence-electron chi connectivity index (χ1n) is 4.07. The minimum absolute atomic E-state index is 0.258. The molecule has 0 bridgehead atoms. The number of rotatable bonds is 0. The van der Waals surface area contributed by atoms with Gasteiger partial charge in [-0.05, 0) is 36.1 Å². The maximum atomic E-state index is 8.65. The number of benzene rings is 1. The predicted molar refractivity (Wildman–Crippen MR) is 46.5 cm³/mol. The minimum atomic E-state index is 0.258. The van der Waals surface area contributed by atoms with Crippen molar-refractivity contribution in [3.8, 4) is 6.07 Å². The predicted octanol–water partition coefficient (Wildman–Crippen LogP) is 0.984. The molecule has 0 fully saturated rings. The molecule has 2 N–H and O–H groups in total. The van der Waals surface area contributed by atoms with E-state index >= 15 is 0 Å². The van der Waals surface area contributed by atoms with Crippen molar-refractivity contribution in [3.05, 3.63) is 34.9 Å². The van der Waals surface area contributed by atoms with E-state index in [4.69, 9.17) is 11.0 Å². The van der Waals surface area contributed by atoms with Crippen molar-refractivity contribution >= 4 is 0 Å². The SMILES string of the molecule is N#Cc1ccc2c(c1)C[C@@H](N)C2. The molecule has 12 heavy (non-hydrogen) atoms. The van der Waals surface area contributed by atoms with Crippen LogP contribution in [0.4, 0.5) is 0 Å². The summed E-state index contributed by atoms with van der Waals surface area (Å²) in [6.45, 7) is 0. The zero-order chi connectivity index (χ0) is 8.55. The molecular formula is C10H10N2. The van der Waals surface area contributed by atoms with Gasteiger partial charge in [0.15, 0.2) is 0 Å². The molecule has 0 heterocycles. The maximum Gasteiger partial charge on any atom is 0.0991 e. The van der Waals surface area contributed by atoms with Crippen LogP contribution in [-0.4, -0.2) is 6.04 Å². The Kier molecular flexibility index (Phi) is 1.60. The van der Waals surface area contributed by atoms with Gasteiger partial charge in [0.1, 0.15) is 0 Å². The summed E-state index contributed by atoms with van der Waals surface area (Å²) in [5.41, 5.74) is 9.09. The van der Waals surface area contributed by atoms with Crippen LogP contribution in [0, 0.1) is 11.3 Å². The summed E-state index contributed by atoms with van der Waals surface area (Å²) in [7, 11) is 0. The van der Waals surface area contributed by atoms with Gasteiger partial charge in [-0.2, -0.15) is 5.26 Å². The average molecular weight is 158 g/mol. The Morgan fingerprint density at radius 1 is 1.33 bits per heavy atom. The molecule has 1 aliphatic rings.